The molecule has 0 aliphatic rings. The third kappa shape index (κ3) is 5.18. The quantitative estimate of drug-likeness (QED) is 0.691. The fourth-order valence-corrected chi connectivity index (χ4v) is 2.03. The summed E-state index contributed by atoms with van der Waals surface area (Å²) in [4.78, 5) is 0. The molecule has 1 nitrogen and oxygen atoms in total. The highest BCUT2D eigenvalue weighted by atomic mass is 16.3. The fraction of sp³-hybridized carbons (Fsp3) is 0.368. The summed E-state index contributed by atoms with van der Waals surface area (Å²) in [5.74, 6) is 0. The Morgan fingerprint density at radius 2 is 1.95 bits per heavy atom. The van der Waals surface area contributed by atoms with Crippen molar-refractivity contribution in [3.8, 4) is 0 Å². The number of aliphatic hydroxyl groups excluding tert-OH is 1. The number of aliphatic hydroxyl groups is 1. The van der Waals surface area contributed by atoms with Gasteiger partial charge in [0.25, 0.3) is 0 Å². The lowest BCUT2D eigenvalue weighted by atomic mass is 9.79. The Labute approximate surface area is 123 Å². The highest BCUT2D eigenvalue weighted by molar-refractivity contribution is 5.49. The molecule has 1 aromatic carbocycles. The van der Waals surface area contributed by atoms with Gasteiger partial charge in [-0.3, -0.25) is 0 Å². The predicted octanol–water partition coefficient (Wildman–Crippen LogP) is 5.00. The second-order valence-electron chi connectivity index (χ2n) is 5.74. The molecule has 0 spiro atoms. The maximum Gasteiger partial charge on any atom is 0.0812 e. The molecule has 0 bridgehead atoms. The molecule has 20 heavy (non-hydrogen) atoms. The zero-order chi connectivity index (χ0) is 15.0. The Kier molecular flexibility index (Phi) is 6.47. The molecule has 0 aliphatic heterocycles. The number of hydrogen-bond acceptors (Lipinski definition) is 1. The molecule has 0 aliphatic carbocycles. The van der Waals surface area contributed by atoms with Gasteiger partial charge in [0, 0.05) is 5.41 Å². The van der Waals surface area contributed by atoms with Crippen molar-refractivity contribution in [3.05, 3.63) is 66.3 Å². The predicted molar refractivity (Wildman–Crippen MR) is 88.5 cm³/mol. The van der Waals surface area contributed by atoms with Crippen molar-refractivity contribution in [2.45, 2.75) is 39.7 Å². The summed E-state index contributed by atoms with van der Waals surface area (Å²) >= 11 is 0. The molecule has 0 saturated heterocycles. The van der Waals surface area contributed by atoms with Gasteiger partial charge in [0.1, 0.15) is 0 Å². The SMILES string of the molecule is C=C[C@](C)(CCC=C(C)C)[C@@H](O)/C=C/c1ccccc1. The van der Waals surface area contributed by atoms with Gasteiger partial charge in [-0.1, -0.05) is 67.1 Å². The Morgan fingerprint density at radius 3 is 2.50 bits per heavy atom. The van der Waals surface area contributed by atoms with E-state index in [0.717, 1.165) is 18.4 Å². The zero-order valence-corrected chi connectivity index (χ0v) is 12.8. The van der Waals surface area contributed by atoms with Crippen LogP contribution >= 0.6 is 0 Å². The van der Waals surface area contributed by atoms with Crippen LogP contribution in [0.1, 0.15) is 39.2 Å². The first-order chi connectivity index (χ1) is 9.48. The van der Waals surface area contributed by atoms with Crippen molar-refractivity contribution in [1.29, 1.82) is 0 Å². The van der Waals surface area contributed by atoms with Crippen LogP contribution in [0.2, 0.25) is 0 Å². The lowest BCUT2D eigenvalue weighted by Gasteiger charge is -2.29. The minimum Gasteiger partial charge on any atom is -0.388 e. The van der Waals surface area contributed by atoms with Crippen LogP contribution in [0.25, 0.3) is 6.08 Å². The number of benzene rings is 1. The van der Waals surface area contributed by atoms with Crippen LogP contribution in [0.3, 0.4) is 0 Å². The van der Waals surface area contributed by atoms with Crippen LogP contribution in [0.5, 0.6) is 0 Å². The third-order valence-electron chi connectivity index (χ3n) is 3.65. The highest BCUT2D eigenvalue weighted by Gasteiger charge is 2.26. The summed E-state index contributed by atoms with van der Waals surface area (Å²) < 4.78 is 0. The minimum absolute atomic E-state index is 0.294. The van der Waals surface area contributed by atoms with Gasteiger partial charge in [-0.05, 0) is 32.3 Å². The van der Waals surface area contributed by atoms with Crippen molar-refractivity contribution in [2.75, 3.05) is 0 Å². The maximum atomic E-state index is 10.4. The smallest absolute Gasteiger partial charge is 0.0812 e. The Bertz CT molecular complexity index is 466. The van der Waals surface area contributed by atoms with Crippen LogP contribution in [0.15, 0.2) is 60.7 Å². The monoisotopic (exact) mass is 270 g/mol. The Balaban J connectivity index is 2.70. The van der Waals surface area contributed by atoms with E-state index < -0.39 is 6.10 Å². The maximum absolute atomic E-state index is 10.4. The molecule has 1 heteroatoms. The van der Waals surface area contributed by atoms with Crippen LogP contribution in [0, 0.1) is 5.41 Å². The van der Waals surface area contributed by atoms with E-state index >= 15 is 0 Å². The molecule has 0 radical (unpaired) electrons. The first-order valence-corrected chi connectivity index (χ1v) is 7.16. The van der Waals surface area contributed by atoms with Crippen LogP contribution in [-0.4, -0.2) is 11.2 Å². The summed E-state index contributed by atoms with van der Waals surface area (Å²) in [5.41, 5.74) is 2.12. The first-order valence-electron chi connectivity index (χ1n) is 7.16. The molecule has 0 heterocycles. The molecule has 1 rings (SSSR count). The molecule has 0 amide bonds. The van der Waals surface area contributed by atoms with E-state index in [2.05, 4.69) is 33.4 Å². The van der Waals surface area contributed by atoms with E-state index in [9.17, 15) is 5.11 Å². The summed E-state index contributed by atoms with van der Waals surface area (Å²) in [5, 5.41) is 10.4. The van der Waals surface area contributed by atoms with E-state index in [0.29, 0.717) is 0 Å². The molecule has 108 valence electrons. The number of rotatable bonds is 7. The van der Waals surface area contributed by atoms with Crippen LogP contribution in [-0.2, 0) is 0 Å². The van der Waals surface area contributed by atoms with Gasteiger partial charge < -0.3 is 5.11 Å². The van der Waals surface area contributed by atoms with Gasteiger partial charge >= 0.3 is 0 Å². The van der Waals surface area contributed by atoms with Gasteiger partial charge in [0.15, 0.2) is 0 Å². The normalized spacial score (nSPS) is 15.6. The van der Waals surface area contributed by atoms with Crippen molar-refractivity contribution in [1.82, 2.24) is 0 Å². The summed E-state index contributed by atoms with van der Waals surface area (Å²) in [6, 6.07) is 10.0. The topological polar surface area (TPSA) is 20.2 Å². The van der Waals surface area contributed by atoms with E-state index in [1.807, 2.05) is 48.6 Å². The largest absolute Gasteiger partial charge is 0.388 e. The van der Waals surface area contributed by atoms with Crippen molar-refractivity contribution in [2.24, 2.45) is 5.41 Å². The second-order valence-corrected chi connectivity index (χ2v) is 5.74. The molecule has 0 saturated carbocycles. The zero-order valence-electron chi connectivity index (χ0n) is 12.8. The van der Waals surface area contributed by atoms with E-state index in [-0.39, 0.29) is 5.41 Å². The van der Waals surface area contributed by atoms with E-state index in [4.69, 9.17) is 0 Å². The molecule has 1 aromatic rings. The fourth-order valence-electron chi connectivity index (χ4n) is 2.03. The molecule has 0 fully saturated rings. The molecule has 0 unspecified atom stereocenters. The Hall–Kier alpha value is -1.60. The van der Waals surface area contributed by atoms with Crippen LogP contribution in [0.4, 0.5) is 0 Å². The summed E-state index contributed by atoms with van der Waals surface area (Å²) in [6.07, 6.45) is 9.22. The lowest BCUT2D eigenvalue weighted by molar-refractivity contribution is 0.107. The first kappa shape index (κ1) is 16.5. The van der Waals surface area contributed by atoms with Gasteiger partial charge in [0.2, 0.25) is 0 Å². The van der Waals surface area contributed by atoms with Crippen molar-refractivity contribution < 1.29 is 5.11 Å². The van der Waals surface area contributed by atoms with Gasteiger partial charge in [0.05, 0.1) is 6.10 Å². The lowest BCUT2D eigenvalue weighted by Crippen LogP contribution is -2.28. The van der Waals surface area contributed by atoms with Crippen molar-refractivity contribution in [3.63, 3.8) is 0 Å². The molecule has 1 N–H and O–H groups in total. The Morgan fingerprint density at radius 1 is 1.30 bits per heavy atom. The van der Waals surface area contributed by atoms with Gasteiger partial charge in [-0.15, -0.1) is 6.58 Å². The average molecular weight is 270 g/mol. The van der Waals surface area contributed by atoms with Crippen molar-refractivity contribution >= 4 is 6.08 Å². The highest BCUT2D eigenvalue weighted by Crippen LogP contribution is 2.30. The van der Waals surface area contributed by atoms with E-state index in [1.54, 1.807) is 0 Å². The number of hydrogen-bond donors (Lipinski definition) is 1. The molecular weight excluding hydrogens is 244 g/mol. The molecular formula is C19H26O. The van der Waals surface area contributed by atoms with Crippen LogP contribution < -0.4 is 0 Å². The summed E-state index contributed by atoms with van der Waals surface area (Å²) in [6.45, 7) is 10.1. The second kappa shape index (κ2) is 7.86. The molecule has 0 aromatic heterocycles. The van der Waals surface area contributed by atoms with E-state index in [1.165, 1.54) is 5.57 Å². The standard InChI is InChI=1S/C19H26O/c1-5-19(4,15-9-10-16(2)3)18(20)14-13-17-11-7-6-8-12-17/h5-8,10-14,18,20H,1,9,15H2,2-4H3/b14-13+/t18-,19+/m0/s1. The van der Waals surface area contributed by atoms with Gasteiger partial charge in [-0.2, -0.15) is 0 Å². The minimum atomic E-state index is -0.522. The average Bonchev–Trinajstić information content (AvgIpc) is 2.45. The summed E-state index contributed by atoms with van der Waals surface area (Å²) in [7, 11) is 0. The third-order valence-corrected chi connectivity index (χ3v) is 3.65. The number of allylic oxidation sites excluding steroid dienone is 2. The molecule has 2 atom stereocenters. The van der Waals surface area contributed by atoms with Gasteiger partial charge in [-0.25, -0.2) is 0 Å².